The molecule has 0 heterocycles. The summed E-state index contributed by atoms with van der Waals surface area (Å²) in [5.41, 5.74) is 1.20. The van der Waals surface area contributed by atoms with Gasteiger partial charge in [0, 0.05) is 18.7 Å². The van der Waals surface area contributed by atoms with Crippen LogP contribution in [0.25, 0.3) is 0 Å². The van der Waals surface area contributed by atoms with E-state index in [1.165, 1.54) is 0 Å². The van der Waals surface area contributed by atoms with Crippen molar-refractivity contribution in [2.24, 2.45) is 0 Å². The standard InChI is InChI=1S/C14H18N2O2S/c15-11-12-4-1-5-13(10-12)16-14(18)6-2-8-19-9-3-7-17/h1,4-5,10,17H,2-3,6-9H2,(H,16,18). The van der Waals surface area contributed by atoms with E-state index in [-0.39, 0.29) is 12.5 Å². The fraction of sp³-hybridized carbons (Fsp3) is 0.429. The van der Waals surface area contributed by atoms with Gasteiger partial charge < -0.3 is 10.4 Å². The first kappa shape index (κ1) is 15.5. The van der Waals surface area contributed by atoms with E-state index in [4.69, 9.17) is 10.4 Å². The lowest BCUT2D eigenvalue weighted by molar-refractivity contribution is -0.116. The van der Waals surface area contributed by atoms with Crippen molar-refractivity contribution < 1.29 is 9.90 Å². The van der Waals surface area contributed by atoms with Crippen LogP contribution in [0.3, 0.4) is 0 Å². The SMILES string of the molecule is N#Cc1cccc(NC(=O)CCCSCCCO)c1. The second kappa shape index (κ2) is 9.42. The van der Waals surface area contributed by atoms with Crippen molar-refractivity contribution in [1.29, 1.82) is 5.26 Å². The minimum Gasteiger partial charge on any atom is -0.396 e. The Morgan fingerprint density at radius 1 is 1.37 bits per heavy atom. The normalized spacial score (nSPS) is 9.89. The smallest absolute Gasteiger partial charge is 0.224 e. The second-order valence-electron chi connectivity index (χ2n) is 4.03. The van der Waals surface area contributed by atoms with Gasteiger partial charge >= 0.3 is 0 Å². The number of nitrogens with one attached hydrogen (secondary N) is 1. The van der Waals surface area contributed by atoms with E-state index in [9.17, 15) is 4.79 Å². The number of rotatable bonds is 8. The number of aliphatic hydroxyl groups is 1. The highest BCUT2D eigenvalue weighted by Crippen LogP contribution is 2.11. The van der Waals surface area contributed by atoms with Gasteiger partial charge in [-0.05, 0) is 42.5 Å². The zero-order valence-electron chi connectivity index (χ0n) is 10.8. The molecule has 4 nitrogen and oxygen atoms in total. The number of nitriles is 1. The molecule has 0 aliphatic rings. The molecule has 2 N–H and O–H groups in total. The molecule has 0 bridgehead atoms. The summed E-state index contributed by atoms with van der Waals surface area (Å²) in [5.74, 6) is 1.83. The van der Waals surface area contributed by atoms with E-state index in [2.05, 4.69) is 5.32 Å². The number of anilines is 1. The summed E-state index contributed by atoms with van der Waals surface area (Å²) in [5, 5.41) is 20.2. The molecule has 0 aromatic heterocycles. The molecular formula is C14H18N2O2S. The van der Waals surface area contributed by atoms with Gasteiger partial charge in [-0.3, -0.25) is 4.79 Å². The van der Waals surface area contributed by atoms with Crippen molar-refractivity contribution in [3.8, 4) is 6.07 Å². The van der Waals surface area contributed by atoms with Crippen LogP contribution in [-0.4, -0.2) is 29.1 Å². The first-order valence-corrected chi connectivity index (χ1v) is 7.40. The van der Waals surface area contributed by atoms with E-state index in [1.807, 2.05) is 6.07 Å². The van der Waals surface area contributed by atoms with Crippen molar-refractivity contribution in [1.82, 2.24) is 0 Å². The summed E-state index contributed by atoms with van der Waals surface area (Å²) in [4.78, 5) is 11.7. The van der Waals surface area contributed by atoms with Gasteiger partial charge in [0.1, 0.15) is 0 Å². The summed E-state index contributed by atoms with van der Waals surface area (Å²) in [7, 11) is 0. The fourth-order valence-corrected chi connectivity index (χ4v) is 2.38. The van der Waals surface area contributed by atoms with Gasteiger partial charge in [-0.25, -0.2) is 0 Å². The number of amides is 1. The van der Waals surface area contributed by atoms with Crippen LogP contribution in [0.5, 0.6) is 0 Å². The number of aliphatic hydroxyl groups excluding tert-OH is 1. The van der Waals surface area contributed by atoms with E-state index >= 15 is 0 Å². The average molecular weight is 278 g/mol. The Balaban J connectivity index is 2.22. The molecular weight excluding hydrogens is 260 g/mol. The summed E-state index contributed by atoms with van der Waals surface area (Å²) in [6, 6.07) is 8.92. The molecule has 0 unspecified atom stereocenters. The van der Waals surface area contributed by atoms with Gasteiger partial charge in [-0.1, -0.05) is 6.07 Å². The highest BCUT2D eigenvalue weighted by molar-refractivity contribution is 7.99. The van der Waals surface area contributed by atoms with Crippen molar-refractivity contribution in [3.05, 3.63) is 29.8 Å². The van der Waals surface area contributed by atoms with Crippen LogP contribution in [0.1, 0.15) is 24.8 Å². The topological polar surface area (TPSA) is 73.1 Å². The highest BCUT2D eigenvalue weighted by atomic mass is 32.2. The monoisotopic (exact) mass is 278 g/mol. The number of hydrogen-bond donors (Lipinski definition) is 2. The predicted octanol–water partition coefficient (Wildman–Crippen LogP) is 2.39. The van der Waals surface area contributed by atoms with Crippen molar-refractivity contribution in [2.75, 3.05) is 23.4 Å². The highest BCUT2D eigenvalue weighted by Gasteiger charge is 2.02. The lowest BCUT2D eigenvalue weighted by Crippen LogP contribution is -2.11. The van der Waals surface area contributed by atoms with Crippen LogP contribution < -0.4 is 5.32 Å². The summed E-state index contributed by atoms with van der Waals surface area (Å²) in [6.07, 6.45) is 2.10. The third kappa shape index (κ3) is 6.85. The molecule has 0 radical (unpaired) electrons. The van der Waals surface area contributed by atoms with Crippen LogP contribution in [0.15, 0.2) is 24.3 Å². The summed E-state index contributed by atoms with van der Waals surface area (Å²) < 4.78 is 0. The largest absolute Gasteiger partial charge is 0.396 e. The molecule has 102 valence electrons. The molecule has 0 saturated carbocycles. The van der Waals surface area contributed by atoms with E-state index in [0.717, 1.165) is 24.3 Å². The van der Waals surface area contributed by atoms with Gasteiger partial charge in [-0.15, -0.1) is 0 Å². The van der Waals surface area contributed by atoms with Crippen molar-refractivity contribution in [2.45, 2.75) is 19.3 Å². The zero-order valence-corrected chi connectivity index (χ0v) is 11.6. The van der Waals surface area contributed by atoms with Gasteiger partial charge in [0.25, 0.3) is 0 Å². The Kier molecular flexibility index (Phi) is 7.71. The molecule has 0 saturated heterocycles. The Bertz CT molecular complexity index is 443. The van der Waals surface area contributed by atoms with Crippen molar-refractivity contribution >= 4 is 23.4 Å². The quantitative estimate of drug-likeness (QED) is 0.716. The Morgan fingerprint density at radius 3 is 2.89 bits per heavy atom. The third-order valence-corrected chi connectivity index (χ3v) is 3.57. The number of hydrogen-bond acceptors (Lipinski definition) is 4. The van der Waals surface area contributed by atoms with Crippen LogP contribution in [0.2, 0.25) is 0 Å². The van der Waals surface area contributed by atoms with Crippen LogP contribution in [0, 0.1) is 11.3 Å². The molecule has 1 rings (SSSR count). The van der Waals surface area contributed by atoms with Crippen LogP contribution >= 0.6 is 11.8 Å². The van der Waals surface area contributed by atoms with Crippen LogP contribution in [-0.2, 0) is 4.79 Å². The number of benzene rings is 1. The minimum atomic E-state index is -0.0298. The maximum atomic E-state index is 11.7. The molecule has 5 heteroatoms. The van der Waals surface area contributed by atoms with Crippen LogP contribution in [0.4, 0.5) is 5.69 Å². The lowest BCUT2D eigenvalue weighted by Gasteiger charge is -2.05. The third-order valence-electron chi connectivity index (χ3n) is 2.41. The molecule has 1 aromatic carbocycles. The summed E-state index contributed by atoms with van der Waals surface area (Å²) >= 11 is 1.75. The van der Waals surface area contributed by atoms with Gasteiger partial charge in [0.2, 0.25) is 5.91 Å². The molecule has 1 amide bonds. The molecule has 19 heavy (non-hydrogen) atoms. The Labute approximate surface area is 117 Å². The minimum absolute atomic E-state index is 0.0298. The average Bonchev–Trinajstić information content (AvgIpc) is 2.43. The molecule has 1 aromatic rings. The van der Waals surface area contributed by atoms with E-state index in [1.54, 1.807) is 36.0 Å². The Morgan fingerprint density at radius 2 is 2.16 bits per heavy atom. The number of carbonyl (C=O) groups is 1. The lowest BCUT2D eigenvalue weighted by atomic mass is 10.2. The van der Waals surface area contributed by atoms with Gasteiger partial charge in [-0.2, -0.15) is 17.0 Å². The molecule has 0 fully saturated rings. The maximum absolute atomic E-state index is 11.7. The number of carbonyl (C=O) groups excluding carboxylic acids is 1. The number of thioether (sulfide) groups is 1. The summed E-state index contributed by atoms with van der Waals surface area (Å²) in [6.45, 7) is 0.225. The van der Waals surface area contributed by atoms with Gasteiger partial charge in [0.15, 0.2) is 0 Å². The first-order valence-electron chi connectivity index (χ1n) is 6.25. The van der Waals surface area contributed by atoms with Gasteiger partial charge in [0.05, 0.1) is 11.6 Å². The van der Waals surface area contributed by atoms with E-state index in [0.29, 0.717) is 17.7 Å². The molecule has 0 spiro atoms. The maximum Gasteiger partial charge on any atom is 0.224 e. The predicted molar refractivity (Wildman–Crippen MR) is 78.0 cm³/mol. The second-order valence-corrected chi connectivity index (χ2v) is 5.26. The number of nitrogens with zero attached hydrogens (tertiary/aromatic N) is 1. The van der Waals surface area contributed by atoms with E-state index < -0.39 is 0 Å². The molecule has 0 aliphatic heterocycles. The first-order chi connectivity index (χ1) is 9.26. The fourth-order valence-electron chi connectivity index (χ4n) is 1.49. The zero-order chi connectivity index (χ0) is 13.9. The Hall–Kier alpha value is -1.51. The molecule has 0 atom stereocenters. The molecule has 0 aliphatic carbocycles. The van der Waals surface area contributed by atoms with Crippen molar-refractivity contribution in [3.63, 3.8) is 0 Å².